The number of nitrogens with one attached hydrogen (secondary N) is 2. The number of carbonyl (C=O) groups excluding carboxylic acids is 2. The van der Waals surface area contributed by atoms with Crippen molar-refractivity contribution in [3.8, 4) is 10.6 Å². The van der Waals surface area contributed by atoms with Crippen LogP contribution in [0.2, 0.25) is 0 Å². The highest BCUT2D eigenvalue weighted by Crippen LogP contribution is 2.28. The highest BCUT2D eigenvalue weighted by Gasteiger charge is 2.27. The number of aromatic nitrogens is 1. The Morgan fingerprint density at radius 3 is 2.61 bits per heavy atom. The molecule has 8 nitrogen and oxygen atoms in total. The number of hydrogen-bond acceptors (Lipinski definition) is 7. The minimum atomic E-state index is -0.282. The molecule has 10 heteroatoms. The van der Waals surface area contributed by atoms with Gasteiger partial charge < -0.3 is 15.5 Å². The molecule has 0 unspecified atom stereocenters. The number of halogens is 1. The van der Waals surface area contributed by atoms with E-state index in [4.69, 9.17) is 0 Å². The summed E-state index contributed by atoms with van der Waals surface area (Å²) in [6.45, 7) is 8.84. The van der Waals surface area contributed by atoms with E-state index in [-0.39, 0.29) is 30.7 Å². The fraction of sp³-hybridized carbons (Fsp3) is 0.393. The third-order valence-electron chi connectivity index (χ3n) is 6.67. The van der Waals surface area contributed by atoms with Gasteiger partial charge in [0.1, 0.15) is 17.4 Å². The van der Waals surface area contributed by atoms with Crippen LogP contribution in [0.15, 0.2) is 42.6 Å². The molecule has 0 fully saturated rings. The molecule has 2 aromatic carbocycles. The quantitative estimate of drug-likeness (QED) is 0.362. The lowest BCUT2D eigenvalue weighted by Gasteiger charge is -2.31. The van der Waals surface area contributed by atoms with Crippen LogP contribution >= 0.6 is 11.3 Å². The van der Waals surface area contributed by atoms with Gasteiger partial charge >= 0.3 is 0 Å². The van der Waals surface area contributed by atoms with Crippen molar-refractivity contribution in [2.24, 2.45) is 0 Å². The van der Waals surface area contributed by atoms with Gasteiger partial charge in [0.05, 0.1) is 6.54 Å². The van der Waals surface area contributed by atoms with E-state index >= 15 is 0 Å². The smallest absolute Gasteiger partial charge is 0.256 e. The molecule has 1 aromatic heterocycles. The second kappa shape index (κ2) is 12.5. The molecule has 0 spiro atoms. The lowest BCUT2D eigenvalue weighted by Crippen LogP contribution is -2.49. The monoisotopic (exact) mass is 538 g/mol. The van der Waals surface area contributed by atoms with Crippen molar-refractivity contribution in [1.82, 2.24) is 25.2 Å². The van der Waals surface area contributed by atoms with Gasteiger partial charge in [0.2, 0.25) is 5.91 Å². The SMILES string of the molecule is CCNCCN(CC(=O)N(C)N1Cc2ccc(F)cc2C1)C(=O)CNc1ccc(-c2ncc(C)s2)cc1C. The molecule has 0 atom stereocenters. The number of aryl methyl sites for hydroxylation is 2. The molecule has 0 aliphatic carbocycles. The Hall–Kier alpha value is -3.34. The molecule has 0 saturated carbocycles. The van der Waals surface area contributed by atoms with E-state index in [1.807, 2.05) is 44.1 Å². The summed E-state index contributed by atoms with van der Waals surface area (Å²) in [5.41, 5.74) is 4.81. The van der Waals surface area contributed by atoms with E-state index in [9.17, 15) is 14.0 Å². The van der Waals surface area contributed by atoms with E-state index < -0.39 is 0 Å². The first-order valence-corrected chi connectivity index (χ1v) is 13.6. The predicted octanol–water partition coefficient (Wildman–Crippen LogP) is 3.81. The predicted molar refractivity (Wildman–Crippen MR) is 149 cm³/mol. The lowest BCUT2D eigenvalue weighted by atomic mass is 10.1. The molecule has 0 saturated heterocycles. The second-order valence-electron chi connectivity index (χ2n) is 9.48. The van der Waals surface area contributed by atoms with Crippen LogP contribution in [0.4, 0.5) is 10.1 Å². The Bertz CT molecular complexity index is 1300. The molecule has 202 valence electrons. The third-order valence-corrected chi connectivity index (χ3v) is 7.63. The first-order valence-electron chi connectivity index (χ1n) is 12.8. The van der Waals surface area contributed by atoms with Crippen molar-refractivity contribution in [2.75, 3.05) is 45.1 Å². The molecule has 2 heterocycles. The highest BCUT2D eigenvalue weighted by atomic mass is 32.1. The molecular weight excluding hydrogens is 503 g/mol. The fourth-order valence-corrected chi connectivity index (χ4v) is 5.19. The number of hydrazine groups is 1. The van der Waals surface area contributed by atoms with Gasteiger partial charge in [-0.2, -0.15) is 0 Å². The third kappa shape index (κ3) is 6.75. The van der Waals surface area contributed by atoms with Crippen LogP contribution in [-0.4, -0.2) is 71.5 Å². The summed E-state index contributed by atoms with van der Waals surface area (Å²) in [4.78, 5) is 33.6. The fourth-order valence-electron chi connectivity index (χ4n) is 4.43. The van der Waals surface area contributed by atoms with Crippen LogP contribution in [-0.2, 0) is 22.7 Å². The molecule has 1 aliphatic rings. The Morgan fingerprint density at radius 2 is 1.89 bits per heavy atom. The zero-order chi connectivity index (χ0) is 27.2. The molecule has 2 N–H and O–H groups in total. The number of benzene rings is 2. The zero-order valence-electron chi connectivity index (χ0n) is 22.4. The van der Waals surface area contributed by atoms with Crippen molar-refractivity contribution in [3.05, 3.63) is 70.0 Å². The van der Waals surface area contributed by atoms with Gasteiger partial charge in [0.15, 0.2) is 0 Å². The Labute approximate surface area is 227 Å². The second-order valence-corrected chi connectivity index (χ2v) is 10.7. The Kier molecular flexibility index (Phi) is 9.09. The van der Waals surface area contributed by atoms with E-state index in [0.717, 1.165) is 44.4 Å². The number of nitrogens with zero attached hydrogens (tertiary/aromatic N) is 4. The van der Waals surface area contributed by atoms with Crippen LogP contribution in [0.1, 0.15) is 28.5 Å². The standard InChI is InChI=1S/C28H35FN6O2S/c1-5-30-10-11-34(18-27(37)33(4)35-16-22-6-8-24(29)13-23(22)17-35)26(36)15-31-25-9-7-21(12-19(25)2)28-32-14-20(3)38-28/h6-9,12-14,30-31H,5,10-11,15-18H2,1-4H3. The average molecular weight is 539 g/mol. The number of carbonyl (C=O) groups is 2. The van der Waals surface area contributed by atoms with Crippen molar-refractivity contribution < 1.29 is 14.0 Å². The average Bonchev–Trinajstić information content (AvgIpc) is 3.52. The number of amides is 2. The zero-order valence-corrected chi connectivity index (χ0v) is 23.2. The van der Waals surface area contributed by atoms with Crippen LogP contribution in [0, 0.1) is 19.7 Å². The summed E-state index contributed by atoms with van der Waals surface area (Å²) >= 11 is 1.65. The van der Waals surface area contributed by atoms with Crippen LogP contribution in [0.3, 0.4) is 0 Å². The molecule has 4 rings (SSSR count). The Morgan fingerprint density at radius 1 is 1.11 bits per heavy atom. The molecule has 2 amide bonds. The van der Waals surface area contributed by atoms with Crippen LogP contribution in [0.5, 0.6) is 0 Å². The number of fused-ring (bicyclic) bond motifs is 1. The minimum absolute atomic E-state index is 0.0368. The van der Waals surface area contributed by atoms with Gasteiger partial charge in [-0.1, -0.05) is 13.0 Å². The molecule has 1 aliphatic heterocycles. The van der Waals surface area contributed by atoms with Crippen molar-refractivity contribution in [1.29, 1.82) is 0 Å². The Balaban J connectivity index is 1.37. The maximum absolute atomic E-state index is 13.6. The van der Waals surface area contributed by atoms with Gasteiger partial charge in [-0.05, 0) is 67.4 Å². The summed E-state index contributed by atoms with van der Waals surface area (Å²) in [6.07, 6.45) is 1.86. The molecular formula is C28H35FN6O2S. The van der Waals surface area contributed by atoms with E-state index in [2.05, 4.69) is 21.7 Å². The van der Waals surface area contributed by atoms with E-state index in [1.165, 1.54) is 12.1 Å². The number of likely N-dealkylation sites (N-methyl/N-ethyl adjacent to an activating group) is 2. The summed E-state index contributed by atoms with van der Waals surface area (Å²) in [6, 6.07) is 10.7. The number of anilines is 1. The maximum Gasteiger partial charge on any atom is 0.256 e. The number of rotatable bonds is 11. The summed E-state index contributed by atoms with van der Waals surface area (Å²) in [7, 11) is 1.70. The minimum Gasteiger partial charge on any atom is -0.376 e. The van der Waals surface area contributed by atoms with E-state index in [0.29, 0.717) is 26.2 Å². The number of thiazole rings is 1. The van der Waals surface area contributed by atoms with Crippen LogP contribution < -0.4 is 10.6 Å². The van der Waals surface area contributed by atoms with Gasteiger partial charge in [0.25, 0.3) is 5.91 Å². The van der Waals surface area contributed by atoms with Crippen LogP contribution in [0.25, 0.3) is 10.6 Å². The van der Waals surface area contributed by atoms with Crippen molar-refractivity contribution in [3.63, 3.8) is 0 Å². The van der Waals surface area contributed by atoms with Gasteiger partial charge in [-0.25, -0.2) is 14.4 Å². The largest absolute Gasteiger partial charge is 0.376 e. The molecule has 0 radical (unpaired) electrons. The molecule has 0 bridgehead atoms. The van der Waals surface area contributed by atoms with E-state index in [1.54, 1.807) is 34.4 Å². The molecule has 38 heavy (non-hydrogen) atoms. The summed E-state index contributed by atoms with van der Waals surface area (Å²) < 4.78 is 13.6. The lowest BCUT2D eigenvalue weighted by molar-refractivity contribution is -0.151. The van der Waals surface area contributed by atoms with Gasteiger partial charge in [-0.3, -0.25) is 14.6 Å². The summed E-state index contributed by atoms with van der Waals surface area (Å²) in [5, 5.41) is 10.8. The van der Waals surface area contributed by atoms with Gasteiger partial charge in [-0.15, -0.1) is 11.3 Å². The first-order chi connectivity index (χ1) is 18.2. The van der Waals surface area contributed by atoms with Gasteiger partial charge in [0, 0.05) is 55.6 Å². The van der Waals surface area contributed by atoms with Crippen molar-refractivity contribution in [2.45, 2.75) is 33.9 Å². The molecule has 3 aromatic rings. The summed E-state index contributed by atoms with van der Waals surface area (Å²) in [5.74, 6) is -0.631. The van der Waals surface area contributed by atoms with Crippen molar-refractivity contribution >= 4 is 28.8 Å². The number of hydrogen-bond donors (Lipinski definition) is 2. The maximum atomic E-state index is 13.6. The normalized spacial score (nSPS) is 12.9. The topological polar surface area (TPSA) is 80.8 Å². The highest BCUT2D eigenvalue weighted by molar-refractivity contribution is 7.14. The first kappa shape index (κ1) is 27.7.